The van der Waals surface area contributed by atoms with E-state index in [1.54, 1.807) is 61.1 Å². The van der Waals surface area contributed by atoms with Gasteiger partial charge in [0.15, 0.2) is 0 Å². The van der Waals surface area contributed by atoms with E-state index < -0.39 is 5.97 Å². The van der Waals surface area contributed by atoms with Crippen LogP contribution >= 0.6 is 11.3 Å². The summed E-state index contributed by atoms with van der Waals surface area (Å²) in [6.07, 6.45) is 23.4. The van der Waals surface area contributed by atoms with Gasteiger partial charge in [0.1, 0.15) is 11.2 Å². The van der Waals surface area contributed by atoms with Crippen molar-refractivity contribution in [2.45, 2.75) is 0 Å². The highest BCUT2D eigenvalue weighted by Gasteiger charge is 2.16. The number of nitrogens with zero attached hydrogens (tertiary/aromatic N) is 2. The van der Waals surface area contributed by atoms with E-state index in [9.17, 15) is 9.90 Å². The maximum absolute atomic E-state index is 11.5. The third kappa shape index (κ3) is 5.15. The molecule has 0 bridgehead atoms. The van der Waals surface area contributed by atoms with Gasteiger partial charge in [-0.25, -0.2) is 14.8 Å². The molecule has 3 heterocycles. The first-order chi connectivity index (χ1) is 13.8. The number of carbonyl (C=O) groups is 1. The average molecular weight is 392 g/mol. The van der Waals surface area contributed by atoms with Crippen molar-refractivity contribution in [2.24, 2.45) is 0 Å². The second kappa shape index (κ2) is 9.84. The van der Waals surface area contributed by atoms with Crippen molar-refractivity contribution in [3.05, 3.63) is 96.3 Å². The Hall–Kier alpha value is -3.71. The first-order valence-electron chi connectivity index (χ1n) is 8.24. The Labute approximate surface area is 165 Å². The van der Waals surface area contributed by atoms with Crippen LogP contribution in [0.3, 0.4) is 0 Å². The number of carboxylic acids is 1. The Kier molecular flexibility index (Phi) is 6.70. The van der Waals surface area contributed by atoms with E-state index in [1.807, 2.05) is 17.5 Å². The number of ether oxygens (including phenoxy) is 2. The highest BCUT2D eigenvalue weighted by molar-refractivity contribution is 7.17. The fourth-order valence-corrected chi connectivity index (χ4v) is 3.04. The van der Waals surface area contributed by atoms with Gasteiger partial charge in [0, 0.05) is 10.9 Å². The average Bonchev–Trinajstić information content (AvgIpc) is 3.10. The number of allylic oxidation sites excluding steroid dienone is 10. The molecule has 140 valence electrons. The van der Waals surface area contributed by atoms with Crippen LogP contribution in [0.25, 0.3) is 16.3 Å². The summed E-state index contributed by atoms with van der Waals surface area (Å²) in [5.74, 6) is -1.24. The molecule has 6 nitrogen and oxygen atoms in total. The Bertz CT molecular complexity index is 1060. The molecule has 1 aliphatic heterocycles. The van der Waals surface area contributed by atoms with Crippen molar-refractivity contribution in [3.8, 4) is 5.88 Å². The molecule has 0 aromatic carbocycles. The SMILES string of the molecule is O=C(O)C1=CC=CC=CC=CC=COC=CC=Cc2csc3ncnc(c23)O1. The van der Waals surface area contributed by atoms with Gasteiger partial charge in [0.2, 0.25) is 11.6 Å². The van der Waals surface area contributed by atoms with Gasteiger partial charge in [-0.2, -0.15) is 0 Å². The predicted molar refractivity (Wildman–Crippen MR) is 110 cm³/mol. The van der Waals surface area contributed by atoms with E-state index in [2.05, 4.69) is 9.97 Å². The fourth-order valence-electron chi connectivity index (χ4n) is 2.17. The van der Waals surface area contributed by atoms with Crippen LogP contribution in [0.2, 0.25) is 0 Å². The van der Waals surface area contributed by atoms with Crippen LogP contribution in [0.5, 0.6) is 5.88 Å². The molecule has 0 fully saturated rings. The number of carboxylic acid groups (broad SMARTS) is 1. The second-order valence-corrected chi connectivity index (χ2v) is 6.15. The zero-order chi connectivity index (χ0) is 19.6. The van der Waals surface area contributed by atoms with Crippen molar-refractivity contribution in [2.75, 3.05) is 0 Å². The van der Waals surface area contributed by atoms with Gasteiger partial charge in [-0.1, -0.05) is 48.6 Å². The number of aromatic nitrogens is 2. The minimum absolute atomic E-state index is 0.188. The maximum Gasteiger partial charge on any atom is 0.371 e. The van der Waals surface area contributed by atoms with E-state index in [1.165, 1.54) is 23.7 Å². The van der Waals surface area contributed by atoms with E-state index in [-0.39, 0.29) is 11.6 Å². The Balaban J connectivity index is 2.03. The highest BCUT2D eigenvalue weighted by Crippen LogP contribution is 2.32. The molecule has 2 aromatic heterocycles. The van der Waals surface area contributed by atoms with Crippen molar-refractivity contribution in [1.29, 1.82) is 0 Å². The van der Waals surface area contributed by atoms with Crippen molar-refractivity contribution in [1.82, 2.24) is 9.97 Å². The minimum Gasteiger partial charge on any atom is -0.475 e. The van der Waals surface area contributed by atoms with Crippen LogP contribution in [-0.2, 0) is 9.53 Å². The molecule has 2 aromatic rings. The quantitative estimate of drug-likeness (QED) is 0.752. The number of hydrogen-bond donors (Lipinski definition) is 1. The monoisotopic (exact) mass is 392 g/mol. The zero-order valence-electron chi connectivity index (χ0n) is 14.6. The lowest BCUT2D eigenvalue weighted by atomic mass is 10.2. The molecule has 0 amide bonds. The first kappa shape index (κ1) is 19.1. The third-order valence-corrected chi connectivity index (χ3v) is 4.30. The number of rotatable bonds is 1. The van der Waals surface area contributed by atoms with Gasteiger partial charge in [-0.3, -0.25) is 0 Å². The third-order valence-electron chi connectivity index (χ3n) is 3.40. The molecule has 0 saturated heterocycles. The van der Waals surface area contributed by atoms with Crippen LogP contribution in [0, 0.1) is 0 Å². The molecule has 7 heteroatoms. The van der Waals surface area contributed by atoms with Gasteiger partial charge in [0.25, 0.3) is 0 Å². The van der Waals surface area contributed by atoms with Gasteiger partial charge in [-0.05, 0) is 18.2 Å². The molecule has 0 spiro atoms. The molecule has 0 aliphatic carbocycles. The molecule has 1 N–H and O–H groups in total. The molecule has 0 saturated carbocycles. The molecule has 1 aliphatic rings. The van der Waals surface area contributed by atoms with Gasteiger partial charge >= 0.3 is 5.97 Å². The Morgan fingerprint density at radius 3 is 2.43 bits per heavy atom. The standard InChI is InChI=1S/C21H16N2O4S/c24-21(25)17-11-6-4-2-1-3-5-8-12-26-13-9-7-10-16-14-28-20-18(16)19(27-17)22-15-23-20/h1-15H,(H,24,25). The smallest absolute Gasteiger partial charge is 0.371 e. The molecule has 0 unspecified atom stereocenters. The van der Waals surface area contributed by atoms with E-state index >= 15 is 0 Å². The largest absolute Gasteiger partial charge is 0.475 e. The first-order valence-corrected chi connectivity index (χ1v) is 9.12. The Morgan fingerprint density at radius 2 is 1.64 bits per heavy atom. The van der Waals surface area contributed by atoms with Gasteiger partial charge < -0.3 is 14.6 Å². The highest BCUT2D eigenvalue weighted by atomic mass is 32.1. The summed E-state index contributed by atoms with van der Waals surface area (Å²) in [6, 6.07) is 0. The molecular weight excluding hydrogens is 376 g/mol. The minimum atomic E-state index is -1.19. The van der Waals surface area contributed by atoms with E-state index in [4.69, 9.17) is 9.47 Å². The van der Waals surface area contributed by atoms with Crippen molar-refractivity contribution in [3.63, 3.8) is 0 Å². The summed E-state index contributed by atoms with van der Waals surface area (Å²) in [5, 5.41) is 12.0. The van der Waals surface area contributed by atoms with Crippen LogP contribution in [0.4, 0.5) is 0 Å². The lowest BCUT2D eigenvalue weighted by Gasteiger charge is -2.06. The number of hydrogen-bond acceptors (Lipinski definition) is 6. The zero-order valence-corrected chi connectivity index (χ0v) is 15.5. The summed E-state index contributed by atoms with van der Waals surface area (Å²) >= 11 is 1.42. The lowest BCUT2D eigenvalue weighted by Crippen LogP contribution is -2.08. The van der Waals surface area contributed by atoms with Crippen molar-refractivity contribution < 1.29 is 19.4 Å². The van der Waals surface area contributed by atoms with E-state index in [0.29, 0.717) is 10.2 Å². The summed E-state index contributed by atoms with van der Waals surface area (Å²) in [4.78, 5) is 20.6. The number of aliphatic carboxylic acids is 1. The topological polar surface area (TPSA) is 81.5 Å². The molecule has 28 heavy (non-hydrogen) atoms. The number of thiophene rings is 1. The summed E-state index contributed by atoms with van der Waals surface area (Å²) in [7, 11) is 0. The summed E-state index contributed by atoms with van der Waals surface area (Å²) < 4.78 is 10.8. The van der Waals surface area contributed by atoms with Gasteiger partial charge in [0.05, 0.1) is 17.9 Å². The van der Waals surface area contributed by atoms with Crippen LogP contribution in [-0.4, -0.2) is 21.0 Å². The van der Waals surface area contributed by atoms with Gasteiger partial charge in [-0.15, -0.1) is 11.3 Å². The predicted octanol–water partition coefficient (Wildman–Crippen LogP) is 4.78. The fraction of sp³-hybridized carbons (Fsp3) is 0. The normalized spacial score (nSPS) is 14.6. The van der Waals surface area contributed by atoms with Crippen LogP contribution < -0.4 is 4.74 Å². The van der Waals surface area contributed by atoms with Crippen molar-refractivity contribution >= 4 is 33.6 Å². The van der Waals surface area contributed by atoms with Crippen LogP contribution in [0.15, 0.2) is 90.8 Å². The second-order valence-electron chi connectivity index (χ2n) is 5.30. The molecule has 0 atom stereocenters. The summed E-state index contributed by atoms with van der Waals surface area (Å²) in [6.45, 7) is 0. The van der Waals surface area contributed by atoms with Crippen LogP contribution in [0.1, 0.15) is 5.56 Å². The lowest BCUT2D eigenvalue weighted by molar-refractivity contribution is -0.135. The molecular formula is C21H16N2O4S. The molecule has 0 radical (unpaired) electrons. The maximum atomic E-state index is 11.5. The van der Waals surface area contributed by atoms with E-state index in [0.717, 1.165) is 5.56 Å². The Morgan fingerprint density at radius 1 is 0.929 bits per heavy atom. The molecule has 3 rings (SSSR count). The summed E-state index contributed by atoms with van der Waals surface area (Å²) in [5.41, 5.74) is 0.819.